The van der Waals surface area contributed by atoms with Gasteiger partial charge in [0.15, 0.2) is 0 Å². The van der Waals surface area contributed by atoms with E-state index in [1.54, 1.807) is 18.3 Å². The first-order valence-electron chi connectivity index (χ1n) is 9.16. The van der Waals surface area contributed by atoms with Gasteiger partial charge in [0.05, 0.1) is 11.6 Å². The van der Waals surface area contributed by atoms with E-state index in [9.17, 15) is 26.7 Å². The highest BCUT2D eigenvalue weighted by molar-refractivity contribution is 5.97. The van der Waals surface area contributed by atoms with Gasteiger partial charge >= 0.3 is 12.1 Å². The third-order valence-electron chi connectivity index (χ3n) is 4.66. The van der Waals surface area contributed by atoms with Crippen LogP contribution in [0.1, 0.15) is 31.5 Å². The van der Waals surface area contributed by atoms with Crippen LogP contribution in [0.4, 0.5) is 27.6 Å². The van der Waals surface area contributed by atoms with Crippen molar-refractivity contribution >= 4 is 17.6 Å². The third kappa shape index (κ3) is 6.45. The standard InChI is InChI=1S/C18H19F2N3O.C2HF3O2/c1-10-14(20)3-4-15(21)17-8-11(6-7-22-17)13-9-12(19)2-5-16(13)23-18(10)24;3-2(4,5)1(6)7/h2,5-10,14-15H,3-4,21H2,1H3,(H,23,24);(H,6,7)/t10-,14?,15+;/m1./s1. The summed E-state index contributed by atoms with van der Waals surface area (Å²) < 4.78 is 59.8. The number of carboxylic acid groups (broad SMARTS) is 1. The van der Waals surface area contributed by atoms with E-state index in [2.05, 4.69) is 10.3 Å². The fourth-order valence-electron chi connectivity index (χ4n) is 2.83. The Morgan fingerprint density at radius 1 is 1.23 bits per heavy atom. The second kappa shape index (κ2) is 9.82. The lowest BCUT2D eigenvalue weighted by molar-refractivity contribution is -0.192. The Morgan fingerprint density at radius 3 is 2.48 bits per heavy atom. The summed E-state index contributed by atoms with van der Waals surface area (Å²) in [5.41, 5.74) is 8.38. The molecule has 0 fully saturated rings. The minimum Gasteiger partial charge on any atom is -0.475 e. The zero-order valence-corrected chi connectivity index (χ0v) is 16.3. The summed E-state index contributed by atoms with van der Waals surface area (Å²) in [6.07, 6.45) is -4.24. The van der Waals surface area contributed by atoms with Crippen LogP contribution in [0.2, 0.25) is 0 Å². The van der Waals surface area contributed by atoms with E-state index < -0.39 is 42.0 Å². The number of carbonyl (C=O) groups excluding carboxylic acids is 1. The zero-order valence-electron chi connectivity index (χ0n) is 16.3. The maximum atomic E-state index is 14.3. The summed E-state index contributed by atoms with van der Waals surface area (Å²) in [4.78, 5) is 25.4. The Hall–Kier alpha value is -3.08. The number of anilines is 1. The van der Waals surface area contributed by atoms with Crippen LogP contribution in [-0.2, 0) is 9.59 Å². The summed E-state index contributed by atoms with van der Waals surface area (Å²) in [5, 5.41) is 9.83. The molecule has 168 valence electrons. The van der Waals surface area contributed by atoms with Gasteiger partial charge in [0.25, 0.3) is 0 Å². The summed E-state index contributed by atoms with van der Waals surface area (Å²) in [5.74, 6) is -4.43. The number of alkyl halides is 4. The number of nitrogens with two attached hydrogens (primary N) is 1. The first-order valence-corrected chi connectivity index (χ1v) is 9.16. The molecule has 0 radical (unpaired) electrons. The van der Waals surface area contributed by atoms with E-state index in [0.29, 0.717) is 28.9 Å². The highest BCUT2D eigenvalue weighted by Crippen LogP contribution is 2.32. The smallest absolute Gasteiger partial charge is 0.475 e. The topological polar surface area (TPSA) is 105 Å². The number of rotatable bonds is 0. The molecule has 2 bridgehead atoms. The largest absolute Gasteiger partial charge is 0.490 e. The number of benzene rings is 1. The number of carbonyl (C=O) groups is 2. The van der Waals surface area contributed by atoms with Gasteiger partial charge in [-0.05, 0) is 48.7 Å². The van der Waals surface area contributed by atoms with Gasteiger partial charge in [-0.25, -0.2) is 13.6 Å². The van der Waals surface area contributed by atoms with Gasteiger partial charge in [0, 0.05) is 23.5 Å². The van der Waals surface area contributed by atoms with E-state index in [0.717, 1.165) is 0 Å². The second-order valence-electron chi connectivity index (χ2n) is 6.94. The maximum absolute atomic E-state index is 14.3. The number of nitrogens with zero attached hydrogens (tertiary/aromatic N) is 1. The molecule has 11 heteroatoms. The number of pyridine rings is 1. The third-order valence-corrected chi connectivity index (χ3v) is 4.66. The van der Waals surface area contributed by atoms with Crippen LogP contribution in [0, 0.1) is 11.7 Å². The van der Waals surface area contributed by atoms with Crippen molar-refractivity contribution in [3.63, 3.8) is 0 Å². The van der Waals surface area contributed by atoms with Crippen molar-refractivity contribution in [1.82, 2.24) is 4.98 Å². The van der Waals surface area contributed by atoms with Crippen molar-refractivity contribution < 1.29 is 36.6 Å². The number of carboxylic acids is 1. The number of hydrogen-bond acceptors (Lipinski definition) is 4. The molecule has 1 amide bonds. The van der Waals surface area contributed by atoms with E-state index in [1.165, 1.54) is 25.1 Å². The molecular weight excluding hydrogens is 425 g/mol. The Labute approximate surface area is 174 Å². The summed E-state index contributed by atoms with van der Waals surface area (Å²) in [7, 11) is 0. The van der Waals surface area contributed by atoms with Crippen molar-refractivity contribution in [2.45, 2.75) is 38.2 Å². The summed E-state index contributed by atoms with van der Waals surface area (Å²) in [6, 6.07) is 7.13. The van der Waals surface area contributed by atoms with Gasteiger partial charge in [0.2, 0.25) is 5.91 Å². The molecule has 0 saturated carbocycles. The second-order valence-corrected chi connectivity index (χ2v) is 6.94. The number of fused-ring (bicyclic) bond motifs is 4. The van der Waals surface area contributed by atoms with Crippen LogP contribution >= 0.6 is 0 Å². The Morgan fingerprint density at radius 2 is 1.87 bits per heavy atom. The molecule has 3 atom stereocenters. The lowest BCUT2D eigenvalue weighted by Gasteiger charge is -2.21. The lowest BCUT2D eigenvalue weighted by Crippen LogP contribution is -2.29. The Balaban J connectivity index is 0.000000423. The number of aliphatic carboxylic acids is 1. The molecule has 31 heavy (non-hydrogen) atoms. The van der Waals surface area contributed by atoms with Crippen molar-refractivity contribution in [2.24, 2.45) is 11.7 Å². The Bertz CT molecular complexity index is 952. The molecule has 0 saturated heterocycles. The van der Waals surface area contributed by atoms with Gasteiger partial charge < -0.3 is 16.2 Å². The van der Waals surface area contributed by atoms with Crippen LogP contribution < -0.4 is 11.1 Å². The molecule has 0 spiro atoms. The number of nitrogens with one attached hydrogen (secondary N) is 1. The van der Waals surface area contributed by atoms with Gasteiger partial charge in [-0.1, -0.05) is 6.92 Å². The normalized spacial score (nSPS) is 21.4. The molecular formula is C20H20F5N3O3. The zero-order chi connectivity index (χ0) is 23.3. The number of halogens is 5. The predicted octanol–water partition coefficient (Wildman–Crippen LogP) is 4.23. The molecule has 1 unspecified atom stereocenters. The van der Waals surface area contributed by atoms with Crippen molar-refractivity contribution in [1.29, 1.82) is 0 Å². The highest BCUT2D eigenvalue weighted by atomic mass is 19.4. The molecule has 1 aliphatic heterocycles. The fraction of sp³-hybridized carbons (Fsp3) is 0.350. The van der Waals surface area contributed by atoms with E-state index in [-0.39, 0.29) is 6.42 Å². The molecule has 0 aliphatic carbocycles. The van der Waals surface area contributed by atoms with Crippen molar-refractivity contribution in [3.8, 4) is 11.1 Å². The number of hydrogen-bond donors (Lipinski definition) is 3. The van der Waals surface area contributed by atoms with E-state index in [1.807, 2.05) is 0 Å². The molecule has 1 aromatic carbocycles. The minimum absolute atomic E-state index is 0.179. The maximum Gasteiger partial charge on any atom is 0.490 e. The van der Waals surface area contributed by atoms with E-state index >= 15 is 0 Å². The van der Waals surface area contributed by atoms with Gasteiger partial charge in [-0.15, -0.1) is 0 Å². The molecule has 2 heterocycles. The highest BCUT2D eigenvalue weighted by Gasteiger charge is 2.38. The molecule has 1 aliphatic rings. The van der Waals surface area contributed by atoms with Gasteiger partial charge in [0.1, 0.15) is 12.0 Å². The number of amides is 1. The van der Waals surface area contributed by atoms with Crippen molar-refractivity contribution in [3.05, 3.63) is 48.0 Å². The van der Waals surface area contributed by atoms with Crippen LogP contribution in [0.15, 0.2) is 36.5 Å². The first-order chi connectivity index (χ1) is 14.4. The lowest BCUT2D eigenvalue weighted by atomic mass is 9.95. The van der Waals surface area contributed by atoms with Crippen LogP contribution in [-0.4, -0.2) is 34.3 Å². The molecule has 6 nitrogen and oxygen atoms in total. The summed E-state index contributed by atoms with van der Waals surface area (Å²) >= 11 is 0. The van der Waals surface area contributed by atoms with Crippen LogP contribution in [0.25, 0.3) is 11.1 Å². The predicted molar refractivity (Wildman–Crippen MR) is 102 cm³/mol. The molecule has 1 aromatic heterocycles. The monoisotopic (exact) mass is 445 g/mol. The van der Waals surface area contributed by atoms with Crippen LogP contribution in [0.5, 0.6) is 0 Å². The Kier molecular flexibility index (Phi) is 7.66. The quantitative estimate of drug-likeness (QED) is 0.527. The van der Waals surface area contributed by atoms with Crippen molar-refractivity contribution in [2.75, 3.05) is 5.32 Å². The van der Waals surface area contributed by atoms with E-state index in [4.69, 9.17) is 15.6 Å². The fourth-order valence-corrected chi connectivity index (χ4v) is 2.83. The first kappa shape index (κ1) is 24.2. The summed E-state index contributed by atoms with van der Waals surface area (Å²) in [6.45, 7) is 1.54. The SMILES string of the molecule is C[C@H]1C(=O)Nc2ccc(F)cc2-c2ccnc(c2)[C@@H](N)CCC1F.O=C(O)C(F)(F)F. The average Bonchev–Trinajstić information content (AvgIpc) is 2.71. The molecule has 3 rings (SSSR count). The van der Waals surface area contributed by atoms with Gasteiger partial charge in [-0.2, -0.15) is 13.2 Å². The number of aromatic nitrogens is 1. The minimum atomic E-state index is -5.08. The molecule has 2 aromatic rings. The molecule has 4 N–H and O–H groups in total. The average molecular weight is 445 g/mol. The van der Waals surface area contributed by atoms with Gasteiger partial charge in [-0.3, -0.25) is 9.78 Å². The van der Waals surface area contributed by atoms with Crippen LogP contribution in [0.3, 0.4) is 0 Å².